The molecule has 0 saturated carbocycles. The summed E-state index contributed by atoms with van der Waals surface area (Å²) >= 11 is 0. The van der Waals surface area contributed by atoms with Gasteiger partial charge in [0.1, 0.15) is 12.4 Å². The minimum Gasteiger partial charge on any atom is -0.492 e. The third-order valence-electron chi connectivity index (χ3n) is 5.56. The number of fused-ring (bicyclic) bond motifs is 1. The van der Waals surface area contributed by atoms with E-state index in [9.17, 15) is 8.42 Å². The lowest BCUT2D eigenvalue weighted by Gasteiger charge is -2.28. The van der Waals surface area contributed by atoms with Crippen LogP contribution in [0.3, 0.4) is 0 Å². The highest BCUT2D eigenvalue weighted by Crippen LogP contribution is 2.25. The molecule has 32 heavy (non-hydrogen) atoms. The summed E-state index contributed by atoms with van der Waals surface area (Å²) in [6, 6.07) is 17.6. The van der Waals surface area contributed by atoms with Crippen LogP contribution in [0, 0.1) is 6.92 Å². The number of anilines is 1. The van der Waals surface area contributed by atoms with Crippen LogP contribution >= 0.6 is 0 Å². The molecule has 2 aromatic carbocycles. The Morgan fingerprint density at radius 3 is 2.66 bits per heavy atom. The van der Waals surface area contributed by atoms with Gasteiger partial charge in [0, 0.05) is 36.4 Å². The van der Waals surface area contributed by atoms with Crippen LogP contribution in [0.5, 0.6) is 5.75 Å². The molecule has 3 aromatic rings. The van der Waals surface area contributed by atoms with Crippen molar-refractivity contribution in [1.29, 1.82) is 0 Å². The molecule has 1 N–H and O–H groups in total. The standard InChI is InChI=1S/C25H29N3O3S/c1-19-9-10-23-24(26-19)7-4-8-25(23)31-16-15-28-13-11-20(12-14-28)17-21-5-3-6-22(18-21)27-32(2,29)30/h3-10,17-18,27H,11-16H2,1-2H3. The van der Waals surface area contributed by atoms with Gasteiger partial charge in [-0.2, -0.15) is 0 Å². The van der Waals surface area contributed by atoms with Crippen molar-refractivity contribution in [2.24, 2.45) is 0 Å². The second-order valence-electron chi connectivity index (χ2n) is 8.27. The van der Waals surface area contributed by atoms with Crippen molar-refractivity contribution in [1.82, 2.24) is 9.88 Å². The third-order valence-corrected chi connectivity index (χ3v) is 6.16. The first kappa shape index (κ1) is 22.3. The van der Waals surface area contributed by atoms with E-state index in [1.165, 1.54) is 5.57 Å². The van der Waals surface area contributed by atoms with E-state index in [0.29, 0.717) is 12.3 Å². The molecule has 168 valence electrons. The molecule has 0 amide bonds. The van der Waals surface area contributed by atoms with E-state index in [4.69, 9.17) is 4.74 Å². The number of pyridine rings is 1. The highest BCUT2D eigenvalue weighted by Gasteiger charge is 2.14. The largest absolute Gasteiger partial charge is 0.492 e. The molecule has 2 heterocycles. The minimum absolute atomic E-state index is 0.593. The first-order valence-electron chi connectivity index (χ1n) is 10.8. The zero-order valence-electron chi connectivity index (χ0n) is 18.5. The molecule has 1 aromatic heterocycles. The molecule has 0 radical (unpaired) electrons. The summed E-state index contributed by atoms with van der Waals surface area (Å²) in [5.74, 6) is 0.884. The summed E-state index contributed by atoms with van der Waals surface area (Å²) in [7, 11) is -3.27. The lowest BCUT2D eigenvalue weighted by atomic mass is 10.0. The number of aryl methyl sites for hydroxylation is 1. The molecule has 1 aliphatic rings. The Morgan fingerprint density at radius 2 is 1.88 bits per heavy atom. The fourth-order valence-electron chi connectivity index (χ4n) is 3.99. The average Bonchev–Trinajstić information content (AvgIpc) is 2.74. The number of likely N-dealkylation sites (tertiary alicyclic amines) is 1. The van der Waals surface area contributed by atoms with Crippen molar-refractivity contribution in [3.63, 3.8) is 0 Å². The summed E-state index contributed by atoms with van der Waals surface area (Å²) in [5, 5.41) is 1.05. The van der Waals surface area contributed by atoms with Gasteiger partial charge in [-0.1, -0.05) is 29.8 Å². The van der Waals surface area contributed by atoms with Crippen LogP contribution < -0.4 is 9.46 Å². The third kappa shape index (κ3) is 6.08. The Balaban J connectivity index is 1.29. The van der Waals surface area contributed by atoms with Gasteiger partial charge < -0.3 is 4.74 Å². The second kappa shape index (κ2) is 9.71. The Hall–Kier alpha value is -2.90. The smallest absolute Gasteiger partial charge is 0.229 e. The summed E-state index contributed by atoms with van der Waals surface area (Å²) in [6.07, 6.45) is 5.34. The highest BCUT2D eigenvalue weighted by molar-refractivity contribution is 7.92. The van der Waals surface area contributed by atoms with Gasteiger partial charge in [-0.05, 0) is 61.7 Å². The highest BCUT2D eigenvalue weighted by atomic mass is 32.2. The van der Waals surface area contributed by atoms with Gasteiger partial charge in [0.05, 0.1) is 11.8 Å². The van der Waals surface area contributed by atoms with Gasteiger partial charge in [0.25, 0.3) is 0 Å². The number of sulfonamides is 1. The van der Waals surface area contributed by atoms with Crippen LogP contribution in [0.2, 0.25) is 0 Å². The molecule has 1 aliphatic heterocycles. The predicted octanol–water partition coefficient (Wildman–Crippen LogP) is 4.47. The fraction of sp³-hybridized carbons (Fsp3) is 0.320. The van der Waals surface area contributed by atoms with Crippen molar-refractivity contribution >= 4 is 32.7 Å². The molecule has 1 saturated heterocycles. The van der Waals surface area contributed by atoms with Crippen LogP contribution in [0.1, 0.15) is 24.1 Å². The number of nitrogens with zero attached hydrogens (tertiary/aromatic N) is 2. The van der Waals surface area contributed by atoms with Crippen molar-refractivity contribution in [3.8, 4) is 5.75 Å². The van der Waals surface area contributed by atoms with E-state index in [-0.39, 0.29) is 0 Å². The molecule has 6 nitrogen and oxygen atoms in total. The first-order valence-corrected chi connectivity index (χ1v) is 12.7. The molecular weight excluding hydrogens is 422 g/mol. The van der Waals surface area contributed by atoms with E-state index >= 15 is 0 Å². The van der Waals surface area contributed by atoms with E-state index in [2.05, 4.69) is 26.7 Å². The Bertz CT molecular complexity index is 1230. The fourth-order valence-corrected chi connectivity index (χ4v) is 4.54. The summed E-state index contributed by atoms with van der Waals surface area (Å²) in [6.45, 7) is 5.51. The molecule has 7 heteroatoms. The summed E-state index contributed by atoms with van der Waals surface area (Å²) in [4.78, 5) is 6.99. The monoisotopic (exact) mass is 451 g/mol. The maximum Gasteiger partial charge on any atom is 0.229 e. The van der Waals surface area contributed by atoms with Crippen LogP contribution in [0.25, 0.3) is 17.0 Å². The second-order valence-corrected chi connectivity index (χ2v) is 10.0. The Morgan fingerprint density at radius 1 is 1.09 bits per heavy atom. The van der Waals surface area contributed by atoms with Crippen LogP contribution in [-0.2, 0) is 10.0 Å². The molecule has 0 bridgehead atoms. The maximum atomic E-state index is 11.4. The van der Waals surface area contributed by atoms with Crippen LogP contribution in [0.15, 0.2) is 60.2 Å². The lowest BCUT2D eigenvalue weighted by Crippen LogP contribution is -2.34. The van der Waals surface area contributed by atoms with E-state index < -0.39 is 10.0 Å². The minimum atomic E-state index is -3.27. The van der Waals surface area contributed by atoms with Crippen molar-refractivity contribution < 1.29 is 13.2 Å². The van der Waals surface area contributed by atoms with Gasteiger partial charge in [-0.15, -0.1) is 0 Å². The molecule has 0 atom stereocenters. The number of benzene rings is 2. The van der Waals surface area contributed by atoms with E-state index in [1.54, 1.807) is 6.07 Å². The van der Waals surface area contributed by atoms with E-state index in [0.717, 1.165) is 66.6 Å². The van der Waals surface area contributed by atoms with Crippen molar-refractivity contribution in [2.45, 2.75) is 19.8 Å². The Labute approximate surface area is 190 Å². The number of nitrogens with one attached hydrogen (secondary N) is 1. The number of piperidine rings is 1. The number of hydrogen-bond donors (Lipinski definition) is 1. The number of rotatable bonds is 7. The molecule has 0 aliphatic carbocycles. The van der Waals surface area contributed by atoms with Gasteiger partial charge in [0.15, 0.2) is 0 Å². The molecular formula is C25H29N3O3S. The zero-order chi connectivity index (χ0) is 22.6. The van der Waals surface area contributed by atoms with Crippen LogP contribution in [-0.4, -0.2) is 50.8 Å². The lowest BCUT2D eigenvalue weighted by molar-refractivity contribution is 0.200. The van der Waals surface area contributed by atoms with Gasteiger partial charge >= 0.3 is 0 Å². The number of ether oxygens (including phenoxy) is 1. The Kier molecular flexibility index (Phi) is 6.77. The van der Waals surface area contributed by atoms with Crippen molar-refractivity contribution in [2.75, 3.05) is 37.2 Å². The first-order chi connectivity index (χ1) is 15.4. The quantitative estimate of drug-likeness (QED) is 0.574. The van der Waals surface area contributed by atoms with Gasteiger partial charge in [-0.3, -0.25) is 14.6 Å². The topological polar surface area (TPSA) is 71.5 Å². The normalized spacial score (nSPS) is 15.0. The van der Waals surface area contributed by atoms with Crippen LogP contribution in [0.4, 0.5) is 5.69 Å². The molecule has 0 spiro atoms. The van der Waals surface area contributed by atoms with E-state index in [1.807, 2.05) is 49.4 Å². The SMILES string of the molecule is Cc1ccc2c(OCCN3CCC(=Cc4cccc(NS(C)(=O)=O)c4)CC3)cccc2n1. The molecule has 4 rings (SSSR count). The average molecular weight is 452 g/mol. The molecule has 0 unspecified atom stereocenters. The number of hydrogen-bond acceptors (Lipinski definition) is 5. The van der Waals surface area contributed by atoms with Gasteiger partial charge in [0.2, 0.25) is 10.0 Å². The predicted molar refractivity (Wildman–Crippen MR) is 131 cm³/mol. The maximum absolute atomic E-state index is 11.4. The van der Waals surface area contributed by atoms with Gasteiger partial charge in [-0.25, -0.2) is 8.42 Å². The molecule has 1 fully saturated rings. The van der Waals surface area contributed by atoms with Crippen molar-refractivity contribution in [3.05, 3.63) is 71.4 Å². The summed E-state index contributed by atoms with van der Waals surface area (Å²) < 4.78 is 31.5. The number of aromatic nitrogens is 1. The summed E-state index contributed by atoms with van der Waals surface area (Å²) in [5.41, 5.74) is 4.96. The zero-order valence-corrected chi connectivity index (χ0v) is 19.4.